The summed E-state index contributed by atoms with van der Waals surface area (Å²) in [7, 11) is 0. The Morgan fingerprint density at radius 2 is 1.95 bits per heavy atom. The molecule has 0 amide bonds. The Morgan fingerprint density at radius 1 is 1.32 bits per heavy atom. The van der Waals surface area contributed by atoms with Crippen molar-refractivity contribution in [2.75, 3.05) is 11.4 Å². The van der Waals surface area contributed by atoms with E-state index >= 15 is 0 Å². The van der Waals surface area contributed by atoms with Gasteiger partial charge in [-0.1, -0.05) is 12.1 Å². The lowest BCUT2D eigenvalue weighted by molar-refractivity contribution is -0.135. The number of hydrogen-bond donors (Lipinski definition) is 1. The van der Waals surface area contributed by atoms with Crippen LogP contribution in [0.1, 0.15) is 18.5 Å². The predicted molar refractivity (Wildman–Crippen MR) is 72.3 cm³/mol. The van der Waals surface area contributed by atoms with Gasteiger partial charge in [0.25, 0.3) is 0 Å². The smallest absolute Gasteiger partial charge is 0.323 e. The van der Waals surface area contributed by atoms with Gasteiger partial charge in [-0.2, -0.15) is 0 Å². The number of aromatic nitrogens is 2. The molecule has 5 heteroatoms. The summed E-state index contributed by atoms with van der Waals surface area (Å²) in [4.78, 5) is 22.0. The number of anilines is 1. The first-order valence-corrected chi connectivity index (χ1v) is 6.37. The van der Waals surface area contributed by atoms with Crippen LogP contribution in [-0.2, 0) is 4.79 Å². The fourth-order valence-electron chi connectivity index (χ4n) is 2.26. The summed E-state index contributed by atoms with van der Waals surface area (Å²) in [5, 5.41) is 9.04. The Kier molecular flexibility index (Phi) is 2.81. The molecule has 19 heavy (non-hydrogen) atoms. The highest BCUT2D eigenvalue weighted by molar-refractivity contribution is 5.78. The van der Waals surface area contributed by atoms with Gasteiger partial charge in [-0.25, -0.2) is 9.97 Å². The Balaban J connectivity index is 2.06. The molecule has 5 nitrogen and oxygen atoms in total. The van der Waals surface area contributed by atoms with Crippen LogP contribution in [-0.4, -0.2) is 33.6 Å². The normalized spacial score (nSPS) is 14.6. The van der Waals surface area contributed by atoms with E-state index in [1.54, 1.807) is 0 Å². The highest BCUT2D eigenvalue weighted by Crippen LogP contribution is 2.32. The van der Waals surface area contributed by atoms with Crippen LogP contribution in [0.5, 0.6) is 0 Å². The molecule has 1 heterocycles. The second-order valence-corrected chi connectivity index (χ2v) is 4.87. The monoisotopic (exact) mass is 257 g/mol. The topological polar surface area (TPSA) is 66.3 Å². The number of carboxylic acid groups (broad SMARTS) is 1. The van der Waals surface area contributed by atoms with E-state index in [0.717, 1.165) is 29.6 Å². The third-order valence-corrected chi connectivity index (χ3v) is 3.29. The average Bonchev–Trinajstić information content (AvgIpc) is 3.19. The number of para-hydroxylation sites is 2. The molecule has 0 bridgehead atoms. The molecule has 2 aromatic rings. The van der Waals surface area contributed by atoms with Gasteiger partial charge in [0.1, 0.15) is 6.54 Å². The number of aryl methyl sites for hydroxylation is 1. The second kappa shape index (κ2) is 4.50. The quantitative estimate of drug-likeness (QED) is 0.907. The summed E-state index contributed by atoms with van der Waals surface area (Å²) in [6.07, 6.45) is 2.06. The lowest BCUT2D eigenvalue weighted by Gasteiger charge is -2.22. The molecule has 0 aliphatic heterocycles. The fraction of sp³-hybridized carbons (Fsp3) is 0.357. The number of rotatable bonds is 4. The standard InChI is InChI=1S/C14H15N3O2/c1-9-14(17(8-13(18)19)10-6-7-10)16-12-5-3-2-4-11(12)15-9/h2-5,10H,6-8H2,1H3,(H,18,19). The third-order valence-electron chi connectivity index (χ3n) is 3.29. The van der Waals surface area contributed by atoms with Crippen LogP contribution in [0.25, 0.3) is 11.0 Å². The maximum absolute atomic E-state index is 11.0. The first-order valence-electron chi connectivity index (χ1n) is 6.37. The number of nitrogens with zero attached hydrogens (tertiary/aromatic N) is 3. The first-order chi connectivity index (χ1) is 9.15. The fourth-order valence-corrected chi connectivity index (χ4v) is 2.26. The highest BCUT2D eigenvalue weighted by Gasteiger charge is 2.32. The van der Waals surface area contributed by atoms with Gasteiger partial charge in [0, 0.05) is 6.04 Å². The summed E-state index contributed by atoms with van der Waals surface area (Å²) in [5.41, 5.74) is 2.43. The van der Waals surface area contributed by atoms with Crippen molar-refractivity contribution >= 4 is 22.8 Å². The van der Waals surface area contributed by atoms with E-state index in [9.17, 15) is 4.79 Å². The number of aliphatic carboxylic acids is 1. The van der Waals surface area contributed by atoms with Crippen molar-refractivity contribution in [1.82, 2.24) is 9.97 Å². The Morgan fingerprint density at radius 3 is 2.53 bits per heavy atom. The van der Waals surface area contributed by atoms with Gasteiger partial charge in [-0.05, 0) is 31.9 Å². The molecule has 1 fully saturated rings. The number of carboxylic acids is 1. The molecule has 0 unspecified atom stereocenters. The van der Waals surface area contributed by atoms with Crippen LogP contribution in [0.2, 0.25) is 0 Å². The summed E-state index contributed by atoms with van der Waals surface area (Å²) < 4.78 is 0. The van der Waals surface area contributed by atoms with E-state index in [2.05, 4.69) is 9.97 Å². The molecule has 1 aromatic carbocycles. The van der Waals surface area contributed by atoms with Gasteiger partial charge in [0.2, 0.25) is 0 Å². The van der Waals surface area contributed by atoms with E-state index in [1.165, 1.54) is 0 Å². The van der Waals surface area contributed by atoms with Crippen molar-refractivity contribution in [1.29, 1.82) is 0 Å². The maximum atomic E-state index is 11.0. The number of carbonyl (C=O) groups is 1. The van der Waals surface area contributed by atoms with Crippen LogP contribution in [0, 0.1) is 6.92 Å². The van der Waals surface area contributed by atoms with Crippen LogP contribution >= 0.6 is 0 Å². The molecular formula is C14H15N3O2. The molecule has 1 N–H and O–H groups in total. The molecule has 1 aliphatic rings. The molecule has 3 rings (SSSR count). The number of benzene rings is 1. The molecule has 98 valence electrons. The second-order valence-electron chi connectivity index (χ2n) is 4.87. The molecule has 0 spiro atoms. The Labute approximate surface area is 110 Å². The van der Waals surface area contributed by atoms with E-state index in [0.29, 0.717) is 11.9 Å². The van der Waals surface area contributed by atoms with Crippen molar-refractivity contribution in [2.45, 2.75) is 25.8 Å². The van der Waals surface area contributed by atoms with Gasteiger partial charge in [0.05, 0.1) is 16.7 Å². The van der Waals surface area contributed by atoms with E-state index in [1.807, 2.05) is 36.1 Å². The van der Waals surface area contributed by atoms with Crippen molar-refractivity contribution in [3.63, 3.8) is 0 Å². The SMILES string of the molecule is Cc1nc2ccccc2nc1N(CC(=O)O)C1CC1. The summed E-state index contributed by atoms with van der Waals surface area (Å²) in [6, 6.07) is 7.95. The van der Waals surface area contributed by atoms with Gasteiger partial charge in [-0.15, -0.1) is 0 Å². The van der Waals surface area contributed by atoms with Crippen LogP contribution < -0.4 is 4.90 Å². The average molecular weight is 257 g/mol. The largest absolute Gasteiger partial charge is 0.480 e. The summed E-state index contributed by atoms with van der Waals surface area (Å²) >= 11 is 0. The van der Waals surface area contributed by atoms with Gasteiger partial charge >= 0.3 is 5.97 Å². The molecule has 1 aliphatic carbocycles. The van der Waals surface area contributed by atoms with Gasteiger partial charge in [0.15, 0.2) is 5.82 Å². The van der Waals surface area contributed by atoms with Crippen molar-refractivity contribution in [2.24, 2.45) is 0 Å². The van der Waals surface area contributed by atoms with E-state index in [-0.39, 0.29) is 6.54 Å². The highest BCUT2D eigenvalue weighted by atomic mass is 16.4. The molecule has 1 saturated carbocycles. The van der Waals surface area contributed by atoms with Crippen LogP contribution in [0.15, 0.2) is 24.3 Å². The zero-order valence-electron chi connectivity index (χ0n) is 10.7. The molecule has 0 radical (unpaired) electrons. The predicted octanol–water partition coefficient (Wildman–Crippen LogP) is 1.99. The zero-order chi connectivity index (χ0) is 13.4. The minimum Gasteiger partial charge on any atom is -0.480 e. The molecule has 1 aromatic heterocycles. The Bertz CT molecular complexity index is 638. The zero-order valence-corrected chi connectivity index (χ0v) is 10.7. The van der Waals surface area contributed by atoms with E-state index < -0.39 is 5.97 Å². The van der Waals surface area contributed by atoms with Crippen LogP contribution in [0.4, 0.5) is 5.82 Å². The molecular weight excluding hydrogens is 242 g/mol. The lowest BCUT2D eigenvalue weighted by atomic mass is 10.2. The molecule has 0 atom stereocenters. The Hall–Kier alpha value is -2.17. The van der Waals surface area contributed by atoms with Crippen molar-refractivity contribution in [3.8, 4) is 0 Å². The third kappa shape index (κ3) is 2.36. The first kappa shape index (κ1) is 11.9. The summed E-state index contributed by atoms with van der Waals surface area (Å²) in [5.74, 6) is -0.134. The van der Waals surface area contributed by atoms with E-state index in [4.69, 9.17) is 5.11 Å². The maximum Gasteiger partial charge on any atom is 0.323 e. The van der Waals surface area contributed by atoms with Crippen molar-refractivity contribution < 1.29 is 9.90 Å². The van der Waals surface area contributed by atoms with Crippen LogP contribution in [0.3, 0.4) is 0 Å². The minimum atomic E-state index is -0.832. The number of hydrogen-bond acceptors (Lipinski definition) is 4. The van der Waals surface area contributed by atoms with Gasteiger partial charge < -0.3 is 10.0 Å². The lowest BCUT2D eigenvalue weighted by Crippen LogP contribution is -2.33. The summed E-state index contributed by atoms with van der Waals surface area (Å²) in [6.45, 7) is 1.87. The van der Waals surface area contributed by atoms with Crippen molar-refractivity contribution in [3.05, 3.63) is 30.0 Å². The molecule has 0 saturated heterocycles. The van der Waals surface area contributed by atoms with Gasteiger partial charge in [-0.3, -0.25) is 4.79 Å². The number of fused-ring (bicyclic) bond motifs is 1. The minimum absolute atomic E-state index is 0.0154.